The van der Waals surface area contributed by atoms with E-state index in [2.05, 4.69) is 0 Å². The first kappa shape index (κ1) is 15.6. The molecule has 0 heterocycles. The van der Waals surface area contributed by atoms with Crippen molar-refractivity contribution in [2.75, 3.05) is 14.2 Å². The number of aromatic hydroxyl groups is 2. The normalized spacial score (nSPS) is 10.8. The number of hydrogen-bond acceptors (Lipinski definition) is 6. The van der Waals surface area contributed by atoms with Crippen LogP contribution in [0.1, 0.15) is 10.4 Å². The number of Topliss-reactive ketones (excluding diaryl/α,β-unsaturated/α-hetero) is 1. The number of hydrogen-bond donors (Lipinski definition) is 2. The van der Waals surface area contributed by atoms with Crippen LogP contribution in [0.15, 0.2) is 30.3 Å². The van der Waals surface area contributed by atoms with E-state index in [1.165, 1.54) is 32.4 Å². The second kappa shape index (κ2) is 5.73. The first-order chi connectivity index (χ1) is 11.5. The summed E-state index contributed by atoms with van der Waals surface area (Å²) in [5, 5.41) is 22.0. The summed E-state index contributed by atoms with van der Waals surface area (Å²) in [6.45, 7) is 0. The molecule has 0 unspecified atom stereocenters. The molecule has 2 N–H and O–H groups in total. The predicted octanol–water partition coefficient (Wildman–Crippen LogP) is 2.80. The van der Waals surface area contributed by atoms with Gasteiger partial charge in [-0.15, -0.1) is 0 Å². The Morgan fingerprint density at radius 2 is 1.42 bits per heavy atom. The van der Waals surface area contributed by atoms with Gasteiger partial charge in [0.1, 0.15) is 0 Å². The molecular weight excluding hydrogens is 312 g/mol. The first-order valence-corrected chi connectivity index (χ1v) is 7.04. The average Bonchev–Trinajstić information content (AvgIpc) is 2.58. The van der Waals surface area contributed by atoms with Gasteiger partial charge in [0.15, 0.2) is 29.3 Å². The number of ether oxygens (including phenoxy) is 2. The zero-order valence-corrected chi connectivity index (χ0v) is 13.0. The van der Waals surface area contributed by atoms with Crippen LogP contribution in [0.3, 0.4) is 0 Å². The molecule has 0 saturated carbocycles. The Morgan fingerprint density at radius 3 is 2.04 bits per heavy atom. The molecule has 0 spiro atoms. The maximum absolute atomic E-state index is 12.2. The molecule has 3 aromatic carbocycles. The quantitative estimate of drug-likeness (QED) is 0.331. The molecule has 3 rings (SSSR count). The SMILES string of the molecule is COc1cc2cc3cc(O)c(OC)cc3c(C(=O)C=O)c2cc1O. The van der Waals surface area contributed by atoms with E-state index in [-0.39, 0.29) is 34.8 Å². The molecule has 0 aromatic heterocycles. The van der Waals surface area contributed by atoms with Gasteiger partial charge in [0.25, 0.3) is 0 Å². The highest BCUT2D eigenvalue weighted by molar-refractivity contribution is 6.40. The van der Waals surface area contributed by atoms with Gasteiger partial charge in [0.2, 0.25) is 5.78 Å². The molecule has 0 radical (unpaired) electrons. The Labute approximate surface area is 136 Å². The van der Waals surface area contributed by atoms with E-state index < -0.39 is 5.78 Å². The zero-order chi connectivity index (χ0) is 17.4. The van der Waals surface area contributed by atoms with Crippen molar-refractivity contribution >= 4 is 33.6 Å². The molecule has 0 amide bonds. The molecule has 0 fully saturated rings. The number of carbonyl (C=O) groups is 2. The summed E-state index contributed by atoms with van der Waals surface area (Å²) < 4.78 is 10.2. The summed E-state index contributed by atoms with van der Waals surface area (Å²) in [7, 11) is 2.80. The second-order valence-corrected chi connectivity index (χ2v) is 5.22. The molecule has 0 aliphatic carbocycles. The van der Waals surface area contributed by atoms with Crippen LogP contribution in [0.5, 0.6) is 23.0 Å². The van der Waals surface area contributed by atoms with Crippen molar-refractivity contribution in [3.63, 3.8) is 0 Å². The van der Waals surface area contributed by atoms with Gasteiger partial charge in [0, 0.05) is 5.56 Å². The molecule has 24 heavy (non-hydrogen) atoms. The van der Waals surface area contributed by atoms with E-state index in [9.17, 15) is 19.8 Å². The van der Waals surface area contributed by atoms with E-state index in [1.807, 2.05) is 0 Å². The van der Waals surface area contributed by atoms with Crippen molar-refractivity contribution in [2.24, 2.45) is 0 Å². The summed E-state index contributed by atoms with van der Waals surface area (Å²) in [5.41, 5.74) is 0.133. The minimum Gasteiger partial charge on any atom is -0.504 e. The topological polar surface area (TPSA) is 93.1 Å². The van der Waals surface area contributed by atoms with Crippen LogP contribution in [0.2, 0.25) is 0 Å². The third-order valence-electron chi connectivity index (χ3n) is 3.91. The summed E-state index contributed by atoms with van der Waals surface area (Å²) in [4.78, 5) is 23.3. The van der Waals surface area contributed by atoms with Crippen molar-refractivity contribution in [1.29, 1.82) is 0 Å². The number of carbonyl (C=O) groups excluding carboxylic acids is 2. The molecule has 0 atom stereocenters. The molecule has 6 heteroatoms. The average molecular weight is 326 g/mol. The molecule has 6 nitrogen and oxygen atoms in total. The Morgan fingerprint density at radius 1 is 0.875 bits per heavy atom. The van der Waals surface area contributed by atoms with Gasteiger partial charge in [-0.05, 0) is 51.9 Å². The van der Waals surface area contributed by atoms with Crippen LogP contribution in [-0.4, -0.2) is 36.5 Å². The summed E-state index contributed by atoms with van der Waals surface area (Å²) in [5.74, 6) is -0.541. The van der Waals surface area contributed by atoms with Crippen LogP contribution in [0.25, 0.3) is 21.5 Å². The fraction of sp³-hybridized carbons (Fsp3) is 0.111. The lowest BCUT2D eigenvalue weighted by Gasteiger charge is -2.13. The van der Waals surface area contributed by atoms with Gasteiger partial charge in [-0.1, -0.05) is 0 Å². The van der Waals surface area contributed by atoms with Crippen molar-refractivity contribution in [3.8, 4) is 23.0 Å². The number of rotatable bonds is 4. The number of fused-ring (bicyclic) bond motifs is 2. The second-order valence-electron chi connectivity index (χ2n) is 5.22. The number of aldehydes is 1. The fourth-order valence-electron chi connectivity index (χ4n) is 2.80. The first-order valence-electron chi connectivity index (χ1n) is 7.04. The zero-order valence-electron chi connectivity index (χ0n) is 13.0. The van der Waals surface area contributed by atoms with E-state index in [0.717, 1.165) is 0 Å². The van der Waals surface area contributed by atoms with Crippen molar-refractivity contribution < 1.29 is 29.3 Å². The van der Waals surface area contributed by atoms with Crippen LogP contribution >= 0.6 is 0 Å². The third-order valence-corrected chi connectivity index (χ3v) is 3.91. The van der Waals surface area contributed by atoms with Gasteiger partial charge in [-0.25, -0.2) is 0 Å². The molecule has 3 aromatic rings. The Kier molecular flexibility index (Phi) is 3.73. The lowest BCUT2D eigenvalue weighted by atomic mass is 9.93. The lowest BCUT2D eigenvalue weighted by molar-refractivity contribution is -0.104. The molecule has 122 valence electrons. The molecule has 0 bridgehead atoms. The highest BCUT2D eigenvalue weighted by Crippen LogP contribution is 2.39. The van der Waals surface area contributed by atoms with E-state index in [1.54, 1.807) is 12.1 Å². The maximum atomic E-state index is 12.2. The van der Waals surface area contributed by atoms with Crippen molar-refractivity contribution in [1.82, 2.24) is 0 Å². The van der Waals surface area contributed by atoms with Gasteiger partial charge in [0.05, 0.1) is 14.2 Å². The lowest BCUT2D eigenvalue weighted by Crippen LogP contribution is -2.03. The number of ketones is 1. The van der Waals surface area contributed by atoms with Crippen LogP contribution in [-0.2, 0) is 4.79 Å². The fourth-order valence-corrected chi connectivity index (χ4v) is 2.80. The minimum absolute atomic E-state index is 0.0837. The van der Waals surface area contributed by atoms with E-state index >= 15 is 0 Å². The Bertz CT molecular complexity index is 990. The van der Waals surface area contributed by atoms with Crippen LogP contribution < -0.4 is 9.47 Å². The minimum atomic E-state index is -0.733. The van der Waals surface area contributed by atoms with Crippen molar-refractivity contribution in [3.05, 3.63) is 35.9 Å². The Balaban J connectivity index is 2.53. The Hall–Kier alpha value is -3.28. The summed E-state index contributed by atoms with van der Waals surface area (Å²) >= 11 is 0. The van der Waals surface area contributed by atoms with Gasteiger partial charge in [-0.3, -0.25) is 9.59 Å². The van der Waals surface area contributed by atoms with Gasteiger partial charge >= 0.3 is 0 Å². The maximum Gasteiger partial charge on any atom is 0.226 e. The van der Waals surface area contributed by atoms with Crippen molar-refractivity contribution in [2.45, 2.75) is 0 Å². The highest BCUT2D eigenvalue weighted by atomic mass is 16.5. The number of benzene rings is 3. The number of methoxy groups -OCH3 is 2. The molecule has 0 aliphatic heterocycles. The van der Waals surface area contributed by atoms with E-state index in [4.69, 9.17) is 9.47 Å². The smallest absolute Gasteiger partial charge is 0.226 e. The number of phenolic OH excluding ortho intramolecular Hbond substituents is 2. The standard InChI is InChI=1S/C18H14O6/c1-23-16-5-10-3-9-4-13(20)17(24-2)7-12(9)18(15(22)8-19)11(10)6-14(16)21/h3-8,20-21H,1-2H3. The summed E-state index contributed by atoms with van der Waals surface area (Å²) in [6, 6.07) is 7.61. The monoisotopic (exact) mass is 326 g/mol. The largest absolute Gasteiger partial charge is 0.504 e. The molecular formula is C18H14O6. The van der Waals surface area contributed by atoms with Gasteiger partial charge < -0.3 is 19.7 Å². The van der Waals surface area contributed by atoms with Gasteiger partial charge in [-0.2, -0.15) is 0 Å². The molecule has 0 aliphatic rings. The third kappa shape index (κ3) is 2.28. The highest BCUT2D eigenvalue weighted by Gasteiger charge is 2.18. The van der Waals surface area contributed by atoms with Crippen LogP contribution in [0.4, 0.5) is 0 Å². The molecule has 0 saturated heterocycles. The van der Waals surface area contributed by atoms with E-state index in [0.29, 0.717) is 21.5 Å². The summed E-state index contributed by atoms with van der Waals surface area (Å²) in [6.07, 6.45) is 0.217. The van der Waals surface area contributed by atoms with Crippen LogP contribution in [0, 0.1) is 0 Å². The predicted molar refractivity (Wildman–Crippen MR) is 88.3 cm³/mol. The number of phenols is 2.